The first-order valence-corrected chi connectivity index (χ1v) is 9.94. The standard InChI is InChI=1S/C22H27N3O4/c1-5-28-22(27)25-24-17-7-6-8-18-19(17)14(4)20(29-18)21(26)23-16-11-9-15(10-12-16)13(2)3/h9-13H,5-8H2,1-4H3,(H,23,26)(H,25,27)/b24-17+. The van der Waals surface area contributed by atoms with Crippen molar-refractivity contribution in [2.45, 2.75) is 52.9 Å². The largest absolute Gasteiger partial charge is 0.455 e. The van der Waals surface area contributed by atoms with Gasteiger partial charge in [-0.15, -0.1) is 0 Å². The summed E-state index contributed by atoms with van der Waals surface area (Å²) in [5.74, 6) is 1.12. The predicted octanol–water partition coefficient (Wildman–Crippen LogP) is 4.75. The molecule has 0 fully saturated rings. The quantitative estimate of drug-likeness (QED) is 0.712. The number of hydrogen-bond acceptors (Lipinski definition) is 5. The molecule has 7 nitrogen and oxygen atoms in total. The summed E-state index contributed by atoms with van der Waals surface area (Å²) in [6.07, 6.45) is 1.65. The van der Waals surface area contributed by atoms with E-state index in [4.69, 9.17) is 9.15 Å². The Morgan fingerprint density at radius 1 is 1.21 bits per heavy atom. The third-order valence-electron chi connectivity index (χ3n) is 4.92. The average molecular weight is 397 g/mol. The molecule has 29 heavy (non-hydrogen) atoms. The molecule has 1 aromatic carbocycles. The Hall–Kier alpha value is -3.09. The van der Waals surface area contributed by atoms with Crippen LogP contribution in [0, 0.1) is 6.92 Å². The maximum atomic E-state index is 12.8. The van der Waals surface area contributed by atoms with Gasteiger partial charge < -0.3 is 14.5 Å². The number of hydrazone groups is 1. The van der Waals surface area contributed by atoms with Gasteiger partial charge in [0.05, 0.1) is 12.3 Å². The lowest BCUT2D eigenvalue weighted by molar-refractivity contribution is 0.0994. The third-order valence-corrected chi connectivity index (χ3v) is 4.92. The van der Waals surface area contributed by atoms with Crippen LogP contribution in [-0.2, 0) is 11.2 Å². The van der Waals surface area contributed by atoms with Gasteiger partial charge in [-0.05, 0) is 50.3 Å². The second-order valence-corrected chi connectivity index (χ2v) is 7.33. The van der Waals surface area contributed by atoms with Crippen LogP contribution in [0.3, 0.4) is 0 Å². The molecule has 0 saturated heterocycles. The molecule has 2 N–H and O–H groups in total. The van der Waals surface area contributed by atoms with Crippen molar-refractivity contribution in [1.29, 1.82) is 0 Å². The molecule has 0 spiro atoms. The Kier molecular flexibility index (Phi) is 6.36. The number of carbonyl (C=O) groups is 2. The molecular formula is C22H27N3O4. The van der Waals surface area contributed by atoms with E-state index in [9.17, 15) is 9.59 Å². The highest BCUT2D eigenvalue weighted by Gasteiger charge is 2.28. The molecule has 2 aromatic rings. The number of fused-ring (bicyclic) bond motifs is 1. The molecule has 1 aliphatic rings. The van der Waals surface area contributed by atoms with E-state index in [-0.39, 0.29) is 18.3 Å². The highest BCUT2D eigenvalue weighted by atomic mass is 16.5. The van der Waals surface area contributed by atoms with Crippen LogP contribution in [0.5, 0.6) is 0 Å². The van der Waals surface area contributed by atoms with Crippen LogP contribution in [0.1, 0.15) is 72.5 Å². The van der Waals surface area contributed by atoms with Gasteiger partial charge in [-0.25, -0.2) is 10.2 Å². The Bertz CT molecular complexity index is 926. The minimum absolute atomic E-state index is 0.272. The van der Waals surface area contributed by atoms with Crippen molar-refractivity contribution >= 4 is 23.4 Å². The van der Waals surface area contributed by atoms with Gasteiger partial charge in [0.2, 0.25) is 0 Å². The number of furan rings is 1. The lowest BCUT2D eigenvalue weighted by Crippen LogP contribution is -2.22. The first-order chi connectivity index (χ1) is 13.9. The second kappa shape index (κ2) is 8.94. The Morgan fingerprint density at radius 3 is 2.59 bits per heavy atom. The number of aryl methyl sites for hydroxylation is 1. The summed E-state index contributed by atoms with van der Waals surface area (Å²) in [6, 6.07) is 7.79. The molecule has 0 atom stereocenters. The van der Waals surface area contributed by atoms with E-state index in [1.165, 1.54) is 5.56 Å². The zero-order valence-corrected chi connectivity index (χ0v) is 17.3. The lowest BCUT2D eigenvalue weighted by atomic mass is 9.93. The van der Waals surface area contributed by atoms with Crippen molar-refractivity contribution in [3.63, 3.8) is 0 Å². The van der Waals surface area contributed by atoms with Crippen LogP contribution in [0.4, 0.5) is 10.5 Å². The van der Waals surface area contributed by atoms with Crippen LogP contribution in [-0.4, -0.2) is 24.3 Å². The molecular weight excluding hydrogens is 370 g/mol. The zero-order valence-electron chi connectivity index (χ0n) is 17.3. The van der Waals surface area contributed by atoms with Crippen molar-refractivity contribution < 1.29 is 18.7 Å². The second-order valence-electron chi connectivity index (χ2n) is 7.33. The Balaban J connectivity index is 1.80. The van der Waals surface area contributed by atoms with Crippen LogP contribution in [0.2, 0.25) is 0 Å². The van der Waals surface area contributed by atoms with E-state index in [1.54, 1.807) is 6.92 Å². The van der Waals surface area contributed by atoms with E-state index < -0.39 is 6.09 Å². The number of anilines is 1. The van der Waals surface area contributed by atoms with Gasteiger partial charge in [0.1, 0.15) is 5.76 Å². The lowest BCUT2D eigenvalue weighted by Gasteiger charge is -2.13. The number of ether oxygens (including phenoxy) is 1. The van der Waals surface area contributed by atoms with E-state index in [2.05, 4.69) is 29.7 Å². The number of rotatable bonds is 5. The van der Waals surface area contributed by atoms with E-state index in [0.29, 0.717) is 23.7 Å². The maximum absolute atomic E-state index is 12.8. The number of nitrogens with zero attached hydrogens (tertiary/aromatic N) is 1. The number of amides is 2. The molecule has 0 saturated carbocycles. The van der Waals surface area contributed by atoms with Gasteiger partial charge in [-0.2, -0.15) is 5.10 Å². The van der Waals surface area contributed by atoms with Gasteiger partial charge in [0, 0.05) is 23.2 Å². The summed E-state index contributed by atoms with van der Waals surface area (Å²) in [6.45, 7) is 8.09. The fourth-order valence-electron chi connectivity index (χ4n) is 3.41. The molecule has 0 bridgehead atoms. The van der Waals surface area contributed by atoms with Crippen LogP contribution < -0.4 is 10.7 Å². The summed E-state index contributed by atoms with van der Waals surface area (Å²) in [5, 5.41) is 7.08. The fourth-order valence-corrected chi connectivity index (χ4v) is 3.41. The summed E-state index contributed by atoms with van der Waals surface area (Å²) in [5.41, 5.74) is 6.54. The van der Waals surface area contributed by atoms with Crippen molar-refractivity contribution in [2.24, 2.45) is 5.10 Å². The van der Waals surface area contributed by atoms with Gasteiger partial charge >= 0.3 is 6.09 Å². The summed E-state index contributed by atoms with van der Waals surface area (Å²) in [4.78, 5) is 24.3. The summed E-state index contributed by atoms with van der Waals surface area (Å²) < 4.78 is 10.7. The van der Waals surface area contributed by atoms with Gasteiger partial charge in [0.15, 0.2) is 5.76 Å². The fraction of sp³-hybridized carbons (Fsp3) is 0.409. The number of benzene rings is 1. The normalized spacial score (nSPS) is 14.6. The molecule has 7 heteroatoms. The zero-order chi connectivity index (χ0) is 21.0. The number of nitrogens with one attached hydrogen (secondary N) is 2. The molecule has 154 valence electrons. The topological polar surface area (TPSA) is 92.9 Å². The number of carbonyl (C=O) groups excluding carboxylic acids is 2. The summed E-state index contributed by atoms with van der Waals surface area (Å²) >= 11 is 0. The molecule has 1 aliphatic carbocycles. The van der Waals surface area contributed by atoms with Gasteiger partial charge in [-0.3, -0.25) is 4.79 Å². The first-order valence-electron chi connectivity index (χ1n) is 9.94. The van der Waals surface area contributed by atoms with Crippen molar-refractivity contribution in [3.05, 3.63) is 52.5 Å². The minimum Gasteiger partial charge on any atom is -0.455 e. The molecule has 1 heterocycles. The molecule has 3 rings (SSSR count). The molecule has 0 radical (unpaired) electrons. The predicted molar refractivity (Wildman–Crippen MR) is 112 cm³/mol. The van der Waals surface area contributed by atoms with E-state index >= 15 is 0 Å². The van der Waals surface area contributed by atoms with E-state index in [0.717, 1.165) is 29.7 Å². The first kappa shape index (κ1) is 20.6. The molecule has 2 amide bonds. The summed E-state index contributed by atoms with van der Waals surface area (Å²) in [7, 11) is 0. The number of hydrogen-bond donors (Lipinski definition) is 2. The van der Waals surface area contributed by atoms with Gasteiger partial charge in [-0.1, -0.05) is 26.0 Å². The average Bonchev–Trinajstić information content (AvgIpc) is 3.04. The van der Waals surface area contributed by atoms with E-state index in [1.807, 2.05) is 31.2 Å². The molecule has 0 aliphatic heterocycles. The van der Waals surface area contributed by atoms with Crippen molar-refractivity contribution in [3.8, 4) is 0 Å². The Labute approximate surface area is 170 Å². The smallest absolute Gasteiger partial charge is 0.427 e. The van der Waals surface area contributed by atoms with Crippen LogP contribution in [0.25, 0.3) is 0 Å². The monoisotopic (exact) mass is 397 g/mol. The third kappa shape index (κ3) is 4.67. The maximum Gasteiger partial charge on any atom is 0.427 e. The van der Waals surface area contributed by atoms with Crippen LogP contribution in [0.15, 0.2) is 33.8 Å². The SMILES string of the molecule is CCOC(=O)N/N=C1\CCCc2oc(C(=O)Nc3ccc(C(C)C)cc3)c(C)c21. The highest BCUT2D eigenvalue weighted by molar-refractivity contribution is 6.09. The highest BCUT2D eigenvalue weighted by Crippen LogP contribution is 2.30. The Morgan fingerprint density at radius 2 is 1.93 bits per heavy atom. The van der Waals surface area contributed by atoms with Gasteiger partial charge in [0.25, 0.3) is 5.91 Å². The van der Waals surface area contributed by atoms with Crippen molar-refractivity contribution in [1.82, 2.24) is 5.43 Å². The molecule has 1 aromatic heterocycles. The molecule has 0 unspecified atom stereocenters. The van der Waals surface area contributed by atoms with Crippen molar-refractivity contribution in [2.75, 3.05) is 11.9 Å². The van der Waals surface area contributed by atoms with Crippen LogP contribution >= 0.6 is 0 Å². The minimum atomic E-state index is -0.601.